The van der Waals surface area contributed by atoms with Crippen LogP contribution < -0.4 is 0 Å². The molecule has 0 aliphatic rings. The van der Waals surface area contributed by atoms with Crippen molar-refractivity contribution in [1.29, 1.82) is 0 Å². The highest BCUT2D eigenvalue weighted by atomic mass is 16.3. The molecular formula is C37H26O. The summed E-state index contributed by atoms with van der Waals surface area (Å²) < 4.78 is 6.35. The number of furan rings is 1. The molecule has 0 saturated carbocycles. The summed E-state index contributed by atoms with van der Waals surface area (Å²) in [6.07, 6.45) is 4.09. The molecule has 0 aliphatic carbocycles. The molecule has 7 rings (SSSR count). The van der Waals surface area contributed by atoms with E-state index in [1.807, 2.05) is 13.0 Å². The second-order valence-electron chi connectivity index (χ2n) is 9.63. The maximum atomic E-state index is 6.35. The van der Waals surface area contributed by atoms with Gasteiger partial charge in [-0.3, -0.25) is 0 Å². The summed E-state index contributed by atoms with van der Waals surface area (Å²) in [5.74, 6) is 0.889. The van der Waals surface area contributed by atoms with E-state index in [-0.39, 0.29) is 0 Å². The molecule has 0 bridgehead atoms. The van der Waals surface area contributed by atoms with Gasteiger partial charge in [-0.25, -0.2) is 0 Å². The van der Waals surface area contributed by atoms with Crippen LogP contribution in [0.25, 0.3) is 72.0 Å². The molecule has 0 aliphatic heterocycles. The van der Waals surface area contributed by atoms with Crippen molar-refractivity contribution < 1.29 is 4.42 Å². The smallest absolute Gasteiger partial charge is 0.135 e. The Morgan fingerprint density at radius 3 is 1.45 bits per heavy atom. The van der Waals surface area contributed by atoms with Crippen LogP contribution in [0, 0.1) is 0 Å². The number of hydrogen-bond donors (Lipinski definition) is 0. The summed E-state index contributed by atoms with van der Waals surface area (Å²) in [4.78, 5) is 0. The van der Waals surface area contributed by atoms with Crippen molar-refractivity contribution in [3.8, 4) is 33.4 Å². The zero-order chi connectivity index (χ0) is 25.5. The molecule has 0 atom stereocenters. The molecule has 1 nitrogen and oxygen atoms in total. The van der Waals surface area contributed by atoms with Crippen LogP contribution >= 0.6 is 0 Å². The minimum atomic E-state index is 0.889. The fourth-order valence-corrected chi connectivity index (χ4v) is 5.80. The molecule has 7 aromatic rings. The molecule has 1 heterocycles. The van der Waals surface area contributed by atoms with Crippen LogP contribution in [0.3, 0.4) is 0 Å². The van der Waals surface area contributed by atoms with Gasteiger partial charge in [0.05, 0.1) is 0 Å². The number of allylic oxidation sites excluding steroid dienone is 1. The van der Waals surface area contributed by atoms with E-state index in [1.54, 1.807) is 0 Å². The molecule has 0 N–H and O–H groups in total. The van der Waals surface area contributed by atoms with Gasteiger partial charge in [0, 0.05) is 10.9 Å². The second-order valence-corrected chi connectivity index (χ2v) is 9.63. The van der Waals surface area contributed by atoms with Crippen LogP contribution in [0.15, 0.2) is 138 Å². The number of hydrogen-bond acceptors (Lipinski definition) is 1. The van der Waals surface area contributed by atoms with Gasteiger partial charge in [-0.2, -0.15) is 0 Å². The lowest BCUT2D eigenvalue weighted by Gasteiger charge is -2.17. The minimum absolute atomic E-state index is 0.889. The van der Waals surface area contributed by atoms with E-state index >= 15 is 0 Å². The number of benzene rings is 6. The van der Waals surface area contributed by atoms with Gasteiger partial charge in [-0.15, -0.1) is 0 Å². The number of rotatable bonds is 4. The van der Waals surface area contributed by atoms with Crippen molar-refractivity contribution in [1.82, 2.24) is 0 Å². The molecule has 1 aromatic heterocycles. The first kappa shape index (κ1) is 22.3. The summed E-state index contributed by atoms with van der Waals surface area (Å²) >= 11 is 0. The minimum Gasteiger partial charge on any atom is -0.456 e. The molecule has 0 spiro atoms. The first-order chi connectivity index (χ1) is 18.8. The monoisotopic (exact) mass is 486 g/mol. The van der Waals surface area contributed by atoms with E-state index in [2.05, 4.69) is 133 Å². The molecular weight excluding hydrogens is 460 g/mol. The van der Waals surface area contributed by atoms with E-state index in [0.29, 0.717) is 0 Å². The van der Waals surface area contributed by atoms with Crippen LogP contribution in [-0.4, -0.2) is 0 Å². The van der Waals surface area contributed by atoms with Gasteiger partial charge in [0.15, 0.2) is 0 Å². The highest BCUT2D eigenvalue weighted by molar-refractivity contribution is 6.21. The zero-order valence-corrected chi connectivity index (χ0v) is 21.2. The maximum absolute atomic E-state index is 6.35. The standard InChI is InChI=1S/C37H26O/c1-2-13-34-37(26-16-7-4-8-17-26)32-24-27(22-23-33(32)38-34)36-30-20-11-9-18-28(30)35(25-14-5-3-6-15-25)29-19-10-12-21-31(29)36/h2-24H,1H3/b13-2-. The van der Waals surface area contributed by atoms with Gasteiger partial charge >= 0.3 is 0 Å². The summed E-state index contributed by atoms with van der Waals surface area (Å²) in [6.45, 7) is 2.03. The highest BCUT2D eigenvalue weighted by Gasteiger charge is 2.19. The molecule has 180 valence electrons. The van der Waals surface area contributed by atoms with Crippen LogP contribution in [0.4, 0.5) is 0 Å². The average Bonchev–Trinajstić information content (AvgIpc) is 3.34. The third kappa shape index (κ3) is 3.55. The zero-order valence-electron chi connectivity index (χ0n) is 21.2. The van der Waals surface area contributed by atoms with Gasteiger partial charge in [0.1, 0.15) is 11.3 Å². The Labute approximate surface area is 222 Å². The van der Waals surface area contributed by atoms with Gasteiger partial charge in [0.2, 0.25) is 0 Å². The first-order valence-corrected chi connectivity index (χ1v) is 13.1. The fraction of sp³-hybridized carbons (Fsp3) is 0.0270. The van der Waals surface area contributed by atoms with E-state index in [0.717, 1.165) is 27.9 Å². The Hall–Kier alpha value is -4.88. The highest BCUT2D eigenvalue weighted by Crippen LogP contribution is 2.45. The lowest BCUT2D eigenvalue weighted by Crippen LogP contribution is -1.90. The maximum Gasteiger partial charge on any atom is 0.135 e. The first-order valence-electron chi connectivity index (χ1n) is 13.1. The normalized spacial score (nSPS) is 11.7. The van der Waals surface area contributed by atoms with Gasteiger partial charge < -0.3 is 4.42 Å². The van der Waals surface area contributed by atoms with Crippen molar-refractivity contribution in [2.45, 2.75) is 6.92 Å². The number of fused-ring (bicyclic) bond motifs is 3. The summed E-state index contributed by atoms with van der Waals surface area (Å²) in [7, 11) is 0. The summed E-state index contributed by atoms with van der Waals surface area (Å²) in [6, 6.07) is 45.5. The lowest BCUT2D eigenvalue weighted by molar-refractivity contribution is 0.605. The molecule has 0 amide bonds. The van der Waals surface area contributed by atoms with Crippen molar-refractivity contribution >= 4 is 38.6 Å². The topological polar surface area (TPSA) is 13.1 Å². The molecule has 38 heavy (non-hydrogen) atoms. The molecule has 6 aromatic carbocycles. The van der Waals surface area contributed by atoms with Gasteiger partial charge in [-0.1, -0.05) is 121 Å². The predicted molar refractivity (Wildman–Crippen MR) is 162 cm³/mol. The molecule has 0 radical (unpaired) electrons. The van der Waals surface area contributed by atoms with Gasteiger partial charge in [0.25, 0.3) is 0 Å². The van der Waals surface area contributed by atoms with Crippen LogP contribution in [0.5, 0.6) is 0 Å². The Bertz CT molecular complexity index is 1900. The third-order valence-electron chi connectivity index (χ3n) is 7.38. The molecule has 0 fully saturated rings. The van der Waals surface area contributed by atoms with Crippen molar-refractivity contribution in [2.24, 2.45) is 0 Å². The van der Waals surface area contributed by atoms with Crippen molar-refractivity contribution in [3.63, 3.8) is 0 Å². The van der Waals surface area contributed by atoms with Gasteiger partial charge in [-0.05, 0) is 74.5 Å². The van der Waals surface area contributed by atoms with Crippen molar-refractivity contribution in [2.75, 3.05) is 0 Å². The van der Waals surface area contributed by atoms with E-state index in [1.165, 1.54) is 43.8 Å². The SMILES string of the molecule is C/C=C\c1oc2ccc(-c3c4ccccc4c(-c4ccccc4)c4ccccc34)cc2c1-c1ccccc1. The fourth-order valence-electron chi connectivity index (χ4n) is 5.80. The average molecular weight is 487 g/mol. The van der Waals surface area contributed by atoms with E-state index in [9.17, 15) is 0 Å². The lowest BCUT2D eigenvalue weighted by atomic mass is 9.85. The van der Waals surface area contributed by atoms with Crippen molar-refractivity contribution in [3.05, 3.63) is 139 Å². The van der Waals surface area contributed by atoms with Crippen LogP contribution in [-0.2, 0) is 0 Å². The quantitative estimate of drug-likeness (QED) is 0.226. The third-order valence-corrected chi connectivity index (χ3v) is 7.38. The molecule has 1 heteroatoms. The Balaban J connectivity index is 1.58. The Morgan fingerprint density at radius 2 is 0.921 bits per heavy atom. The van der Waals surface area contributed by atoms with E-state index in [4.69, 9.17) is 4.42 Å². The summed E-state index contributed by atoms with van der Waals surface area (Å²) in [5.41, 5.74) is 8.15. The summed E-state index contributed by atoms with van der Waals surface area (Å²) in [5, 5.41) is 6.16. The molecule has 0 saturated heterocycles. The molecule has 0 unspecified atom stereocenters. The Kier molecular flexibility index (Phi) is 5.41. The van der Waals surface area contributed by atoms with Crippen LogP contribution in [0.2, 0.25) is 0 Å². The Morgan fingerprint density at radius 1 is 0.447 bits per heavy atom. The van der Waals surface area contributed by atoms with E-state index < -0.39 is 0 Å². The van der Waals surface area contributed by atoms with Crippen LogP contribution in [0.1, 0.15) is 12.7 Å². The largest absolute Gasteiger partial charge is 0.456 e. The predicted octanol–water partition coefficient (Wildman–Crippen LogP) is 10.8. The second kappa shape index (κ2) is 9.21.